The molecule has 100 valence electrons. The minimum absolute atomic E-state index is 0.0905. The summed E-state index contributed by atoms with van der Waals surface area (Å²) in [6, 6.07) is -0.265. The van der Waals surface area contributed by atoms with E-state index in [1.807, 2.05) is 0 Å². The van der Waals surface area contributed by atoms with Crippen molar-refractivity contribution in [2.24, 2.45) is 0 Å². The van der Waals surface area contributed by atoms with Crippen LogP contribution < -0.4 is 5.32 Å². The van der Waals surface area contributed by atoms with E-state index in [2.05, 4.69) is 24.1 Å². The van der Waals surface area contributed by atoms with Crippen LogP contribution in [-0.4, -0.2) is 69.4 Å². The van der Waals surface area contributed by atoms with Gasteiger partial charge in [0.25, 0.3) is 0 Å². The molecule has 0 heterocycles. The van der Waals surface area contributed by atoms with E-state index >= 15 is 0 Å². The molecule has 0 atom stereocenters. The molecule has 0 aromatic carbocycles. The Morgan fingerprint density at radius 2 is 1.88 bits per heavy atom. The maximum absolute atomic E-state index is 11.5. The molecule has 0 saturated carbocycles. The molecule has 0 saturated heterocycles. The zero-order valence-corrected chi connectivity index (χ0v) is 11.5. The summed E-state index contributed by atoms with van der Waals surface area (Å²) in [4.78, 5) is 15.0. The molecule has 7 heteroatoms. The van der Waals surface area contributed by atoms with Crippen LogP contribution in [0.3, 0.4) is 0 Å². The molecule has 0 radical (unpaired) electrons. The van der Waals surface area contributed by atoms with Crippen LogP contribution in [0.5, 0.6) is 0 Å². The van der Waals surface area contributed by atoms with E-state index in [0.29, 0.717) is 6.54 Å². The summed E-state index contributed by atoms with van der Waals surface area (Å²) < 4.78 is 20.6. The lowest BCUT2D eigenvalue weighted by atomic mass is 10.4. The molecule has 0 rings (SSSR count). The van der Waals surface area contributed by atoms with Gasteiger partial charge in [-0.2, -0.15) is 8.42 Å². The topological polar surface area (TPSA) is 69.7 Å². The molecular formula is C10H21N3O3S. The molecule has 0 spiro atoms. The first-order valence-corrected chi connectivity index (χ1v) is 6.77. The predicted molar refractivity (Wildman–Crippen MR) is 68.8 cm³/mol. The van der Waals surface area contributed by atoms with Crippen molar-refractivity contribution >= 4 is 21.7 Å². The van der Waals surface area contributed by atoms with Gasteiger partial charge in [-0.15, -0.1) is 0 Å². The highest BCUT2D eigenvalue weighted by Crippen LogP contribution is 1.86. The summed E-state index contributed by atoms with van der Waals surface area (Å²) >= 11 is 0. The number of amides is 2. The summed E-state index contributed by atoms with van der Waals surface area (Å²) in [6.07, 6.45) is 0. The molecule has 0 unspecified atom stereocenters. The predicted octanol–water partition coefficient (Wildman–Crippen LogP) is -0.349. The number of nitrogens with one attached hydrogen (secondary N) is 1. The number of carbonyl (C=O) groups is 1. The Morgan fingerprint density at radius 1 is 1.29 bits per heavy atom. The van der Waals surface area contributed by atoms with Crippen LogP contribution in [0, 0.1) is 0 Å². The van der Waals surface area contributed by atoms with Gasteiger partial charge in [-0.25, -0.2) is 4.79 Å². The van der Waals surface area contributed by atoms with E-state index in [1.165, 1.54) is 4.90 Å². The molecule has 0 aromatic heterocycles. The second-order valence-corrected chi connectivity index (χ2v) is 4.42. The number of urea groups is 1. The average molecular weight is 263 g/mol. The molecule has 0 aliphatic rings. The van der Waals surface area contributed by atoms with Crippen LogP contribution in [-0.2, 0) is 10.3 Å². The van der Waals surface area contributed by atoms with Crippen LogP contribution in [0.2, 0.25) is 0 Å². The first-order valence-electron chi connectivity index (χ1n) is 5.63. The van der Waals surface area contributed by atoms with Gasteiger partial charge in [0, 0.05) is 20.1 Å². The van der Waals surface area contributed by atoms with E-state index in [0.717, 1.165) is 25.0 Å². The maximum atomic E-state index is 11.5. The van der Waals surface area contributed by atoms with Crippen molar-refractivity contribution in [1.29, 1.82) is 0 Å². The van der Waals surface area contributed by atoms with Gasteiger partial charge >= 0.3 is 6.03 Å². The Hall–Kier alpha value is -1.08. The fraction of sp³-hybridized carbons (Fsp3) is 0.800. The number of nitrogens with zero attached hydrogens (tertiary/aromatic N) is 2. The second-order valence-electron chi connectivity index (χ2n) is 3.57. The van der Waals surface area contributed by atoms with Crippen molar-refractivity contribution in [3.63, 3.8) is 0 Å². The summed E-state index contributed by atoms with van der Waals surface area (Å²) in [5.41, 5.74) is 0. The lowest BCUT2D eigenvalue weighted by Crippen LogP contribution is -2.42. The van der Waals surface area contributed by atoms with E-state index in [1.54, 1.807) is 7.05 Å². The van der Waals surface area contributed by atoms with Gasteiger partial charge in [-0.3, -0.25) is 0 Å². The van der Waals surface area contributed by atoms with Gasteiger partial charge < -0.3 is 15.1 Å². The fourth-order valence-electron chi connectivity index (χ4n) is 1.25. The van der Waals surface area contributed by atoms with Gasteiger partial charge in [0.05, 0.1) is 11.9 Å². The molecule has 6 nitrogen and oxygen atoms in total. The lowest BCUT2D eigenvalue weighted by molar-refractivity contribution is 0.211. The average Bonchev–Trinajstić information content (AvgIpc) is 2.31. The molecule has 2 amide bonds. The van der Waals surface area contributed by atoms with Gasteiger partial charge in [0.15, 0.2) is 0 Å². The third-order valence-corrected chi connectivity index (χ3v) is 2.85. The van der Waals surface area contributed by atoms with Gasteiger partial charge in [0.2, 0.25) is 10.3 Å². The highest BCUT2D eigenvalue weighted by Gasteiger charge is 2.06. The van der Waals surface area contributed by atoms with E-state index in [4.69, 9.17) is 0 Å². The summed E-state index contributed by atoms with van der Waals surface area (Å²) in [5.74, 6) is 0. The molecule has 0 aromatic rings. The largest absolute Gasteiger partial charge is 0.337 e. The van der Waals surface area contributed by atoms with E-state index < -0.39 is 10.3 Å². The smallest absolute Gasteiger partial charge is 0.317 e. The van der Waals surface area contributed by atoms with Gasteiger partial charge in [0.1, 0.15) is 0 Å². The SMILES string of the molecule is CCN(CC)CCNC(=O)N(C)CC=S(=O)=O. The van der Waals surface area contributed by atoms with Crippen molar-refractivity contribution in [2.75, 3.05) is 39.8 Å². The molecule has 1 N–H and O–H groups in total. The van der Waals surface area contributed by atoms with Crippen molar-refractivity contribution in [1.82, 2.24) is 15.1 Å². The Balaban J connectivity index is 3.89. The number of carbonyl (C=O) groups excluding carboxylic acids is 1. The first-order chi connectivity index (χ1) is 8.01. The Morgan fingerprint density at radius 3 is 2.35 bits per heavy atom. The summed E-state index contributed by atoms with van der Waals surface area (Å²) in [6.45, 7) is 7.48. The van der Waals surface area contributed by atoms with Crippen LogP contribution in [0.1, 0.15) is 13.8 Å². The van der Waals surface area contributed by atoms with Gasteiger partial charge in [-0.05, 0) is 13.1 Å². The number of hydrogen-bond donors (Lipinski definition) is 1. The highest BCUT2D eigenvalue weighted by atomic mass is 32.2. The zero-order valence-electron chi connectivity index (χ0n) is 10.6. The van der Waals surface area contributed by atoms with Crippen molar-refractivity contribution in [2.45, 2.75) is 13.8 Å². The number of likely N-dealkylation sites (N-methyl/N-ethyl adjacent to an activating group) is 1. The summed E-state index contributed by atoms with van der Waals surface area (Å²) in [7, 11) is -0.672. The summed E-state index contributed by atoms with van der Waals surface area (Å²) in [5, 5.41) is 3.78. The highest BCUT2D eigenvalue weighted by molar-refractivity contribution is 7.71. The third-order valence-electron chi connectivity index (χ3n) is 2.43. The quantitative estimate of drug-likeness (QED) is 0.638. The van der Waals surface area contributed by atoms with Crippen LogP contribution in [0.15, 0.2) is 0 Å². The standard InChI is InChI=1S/C10H21N3O3S/c1-4-13(5-2)7-6-11-10(14)12(3)8-9-17(15)16/h9H,4-8H2,1-3H3,(H,11,14). The number of rotatable bonds is 7. The minimum atomic E-state index is -2.22. The molecule has 0 fully saturated rings. The monoisotopic (exact) mass is 263 g/mol. The van der Waals surface area contributed by atoms with Crippen molar-refractivity contribution in [3.8, 4) is 0 Å². The normalized spacial score (nSPS) is 10.1. The zero-order chi connectivity index (χ0) is 13.3. The van der Waals surface area contributed by atoms with Gasteiger partial charge in [-0.1, -0.05) is 13.8 Å². The maximum Gasteiger partial charge on any atom is 0.317 e. The molecular weight excluding hydrogens is 242 g/mol. The minimum Gasteiger partial charge on any atom is -0.337 e. The molecule has 17 heavy (non-hydrogen) atoms. The van der Waals surface area contributed by atoms with Crippen LogP contribution in [0.4, 0.5) is 4.79 Å². The third kappa shape index (κ3) is 7.76. The Kier molecular flexibility index (Phi) is 8.43. The van der Waals surface area contributed by atoms with Crippen LogP contribution >= 0.6 is 0 Å². The lowest BCUT2D eigenvalue weighted by Gasteiger charge is -2.20. The van der Waals surface area contributed by atoms with Crippen molar-refractivity contribution < 1.29 is 13.2 Å². The second kappa shape index (κ2) is 9.00. The molecule has 0 aliphatic heterocycles. The van der Waals surface area contributed by atoms with Crippen molar-refractivity contribution in [3.05, 3.63) is 0 Å². The first kappa shape index (κ1) is 15.9. The van der Waals surface area contributed by atoms with E-state index in [-0.39, 0.29) is 12.6 Å². The van der Waals surface area contributed by atoms with E-state index in [9.17, 15) is 13.2 Å². The molecule has 0 bridgehead atoms. The Labute approximate surface area is 104 Å². The number of hydrogen-bond acceptors (Lipinski definition) is 4. The fourth-order valence-corrected chi connectivity index (χ4v) is 1.60. The molecule has 0 aliphatic carbocycles. The Bertz CT molecular complexity index is 342. The van der Waals surface area contributed by atoms with Crippen LogP contribution in [0.25, 0.3) is 0 Å².